The topological polar surface area (TPSA) is 108 Å². The van der Waals surface area contributed by atoms with Gasteiger partial charge in [-0.25, -0.2) is 9.80 Å². The van der Waals surface area contributed by atoms with Crippen LogP contribution in [0.25, 0.3) is 0 Å². The molecule has 1 aliphatic rings. The number of nitrogens with one attached hydrogen (secondary N) is 3. The number of hydrazine groups is 1. The zero-order valence-corrected chi connectivity index (χ0v) is 13.4. The molecular weight excluding hydrogens is 356 g/mol. The maximum Gasteiger partial charge on any atom is 0.343 e. The Labute approximate surface area is 134 Å². The highest BCUT2D eigenvalue weighted by Crippen LogP contribution is 2.24. The molecule has 3 N–H and O–H groups in total. The van der Waals surface area contributed by atoms with Crippen LogP contribution >= 0.6 is 15.9 Å². The summed E-state index contributed by atoms with van der Waals surface area (Å²) in [5.41, 5.74) is 4.15. The molecule has 1 heterocycles. The highest BCUT2D eigenvalue weighted by atomic mass is 79.9. The fourth-order valence-electron chi connectivity index (χ4n) is 1.98. The van der Waals surface area contributed by atoms with Gasteiger partial charge in [0.05, 0.1) is 0 Å². The number of hydrogen-bond acceptors (Lipinski definition) is 4. The van der Waals surface area contributed by atoms with E-state index in [0.29, 0.717) is 5.69 Å². The third kappa shape index (κ3) is 3.42. The first-order valence-electron chi connectivity index (χ1n) is 6.28. The molecule has 0 aromatic heterocycles. The number of aryl methyl sites for hydroxylation is 2. The van der Waals surface area contributed by atoms with Crippen molar-refractivity contribution in [1.29, 1.82) is 0 Å². The van der Waals surface area contributed by atoms with Crippen LogP contribution < -0.4 is 16.1 Å². The predicted molar refractivity (Wildman–Crippen MR) is 80.6 cm³/mol. The van der Waals surface area contributed by atoms with E-state index >= 15 is 0 Å². The van der Waals surface area contributed by atoms with E-state index in [2.05, 4.69) is 26.7 Å². The molecule has 9 heteroatoms. The Kier molecular flexibility index (Phi) is 4.45. The number of hydrogen-bond donors (Lipinski definition) is 3. The van der Waals surface area contributed by atoms with E-state index in [4.69, 9.17) is 0 Å². The molecule has 116 valence electrons. The van der Waals surface area contributed by atoms with E-state index in [1.54, 1.807) is 26.0 Å². The van der Waals surface area contributed by atoms with Crippen LogP contribution in [0, 0.1) is 13.8 Å². The van der Waals surface area contributed by atoms with Crippen LogP contribution in [0.2, 0.25) is 0 Å². The lowest BCUT2D eigenvalue weighted by molar-refractivity contribution is -0.138. The molecule has 0 aliphatic carbocycles. The summed E-state index contributed by atoms with van der Waals surface area (Å²) in [5.74, 6) is -2.52. The summed E-state index contributed by atoms with van der Waals surface area (Å²) in [7, 11) is 0. The summed E-state index contributed by atoms with van der Waals surface area (Å²) < 4.78 is 0.859. The molecule has 0 saturated carbocycles. The molecule has 22 heavy (non-hydrogen) atoms. The number of halogens is 1. The summed E-state index contributed by atoms with van der Waals surface area (Å²) in [6.45, 7) is 3.25. The van der Waals surface area contributed by atoms with Gasteiger partial charge in [-0.1, -0.05) is 15.9 Å². The quantitative estimate of drug-likeness (QED) is 0.524. The highest BCUT2D eigenvalue weighted by molar-refractivity contribution is 9.10. The molecule has 1 aliphatic heterocycles. The molecule has 1 aromatic carbocycles. The van der Waals surface area contributed by atoms with Gasteiger partial charge in [0, 0.05) is 10.2 Å². The largest absolute Gasteiger partial charge is 0.343 e. The fourth-order valence-corrected chi connectivity index (χ4v) is 2.67. The Morgan fingerprint density at radius 2 is 1.77 bits per heavy atom. The lowest BCUT2D eigenvalue weighted by Crippen LogP contribution is -2.48. The van der Waals surface area contributed by atoms with Crippen LogP contribution in [0.4, 0.5) is 10.5 Å². The van der Waals surface area contributed by atoms with Crippen molar-refractivity contribution in [2.45, 2.75) is 13.8 Å². The number of urea groups is 1. The van der Waals surface area contributed by atoms with Crippen LogP contribution in [0.1, 0.15) is 11.1 Å². The van der Waals surface area contributed by atoms with Crippen LogP contribution in [0.5, 0.6) is 0 Å². The first-order chi connectivity index (χ1) is 10.3. The van der Waals surface area contributed by atoms with Gasteiger partial charge in [-0.2, -0.15) is 0 Å². The molecule has 1 fully saturated rings. The molecule has 0 radical (unpaired) electrons. The monoisotopic (exact) mass is 368 g/mol. The van der Waals surface area contributed by atoms with E-state index < -0.39 is 23.8 Å². The summed E-state index contributed by atoms with van der Waals surface area (Å²) in [4.78, 5) is 46.0. The van der Waals surface area contributed by atoms with Crippen molar-refractivity contribution in [2.24, 2.45) is 0 Å². The van der Waals surface area contributed by atoms with E-state index in [9.17, 15) is 19.2 Å². The predicted octanol–water partition coefficient (Wildman–Crippen LogP) is 0.587. The molecule has 1 saturated heterocycles. The molecule has 0 atom stereocenters. The first-order valence-corrected chi connectivity index (χ1v) is 7.07. The standard InChI is InChI=1S/C13H13BrN4O4/c1-6-3-8(14)4-7(2)10(6)16-11(20)12(21)17-18-5-9(19)15-13(18)22/h3-4H,5H2,1-2H3,(H,16,20)(H,17,21)(H,15,19,22). The van der Waals surface area contributed by atoms with E-state index in [0.717, 1.165) is 20.6 Å². The summed E-state index contributed by atoms with van der Waals surface area (Å²) >= 11 is 3.34. The Hall–Kier alpha value is -2.42. The van der Waals surface area contributed by atoms with Gasteiger partial charge in [-0.05, 0) is 37.1 Å². The van der Waals surface area contributed by atoms with Gasteiger partial charge in [0.1, 0.15) is 6.54 Å². The summed E-state index contributed by atoms with van der Waals surface area (Å²) in [6, 6.07) is 2.82. The Morgan fingerprint density at radius 1 is 1.18 bits per heavy atom. The third-order valence-electron chi connectivity index (χ3n) is 2.97. The summed E-state index contributed by atoms with van der Waals surface area (Å²) in [6.07, 6.45) is 0. The van der Waals surface area contributed by atoms with Crippen LogP contribution in [-0.4, -0.2) is 35.3 Å². The SMILES string of the molecule is Cc1cc(Br)cc(C)c1NC(=O)C(=O)NN1CC(=O)NC1=O. The normalized spacial score (nSPS) is 13.9. The number of carbonyl (C=O) groups is 4. The number of imide groups is 1. The van der Waals surface area contributed by atoms with Crippen LogP contribution in [-0.2, 0) is 14.4 Å². The van der Waals surface area contributed by atoms with Crippen molar-refractivity contribution in [3.8, 4) is 0 Å². The van der Waals surface area contributed by atoms with Crippen LogP contribution in [0.15, 0.2) is 16.6 Å². The molecule has 1 aromatic rings. The molecule has 5 amide bonds. The minimum atomic E-state index is -1.04. The second-order valence-electron chi connectivity index (χ2n) is 4.75. The second-order valence-corrected chi connectivity index (χ2v) is 5.66. The van der Waals surface area contributed by atoms with E-state index in [-0.39, 0.29) is 6.54 Å². The minimum absolute atomic E-state index is 0.325. The number of anilines is 1. The molecule has 0 unspecified atom stereocenters. The van der Waals surface area contributed by atoms with E-state index in [1.807, 2.05) is 5.32 Å². The van der Waals surface area contributed by atoms with Gasteiger partial charge in [-0.15, -0.1) is 0 Å². The second kappa shape index (κ2) is 6.14. The average Bonchev–Trinajstić information content (AvgIpc) is 2.71. The Morgan fingerprint density at radius 3 is 2.27 bits per heavy atom. The number of rotatable bonds is 2. The number of benzene rings is 1. The van der Waals surface area contributed by atoms with Crippen LogP contribution in [0.3, 0.4) is 0 Å². The van der Waals surface area contributed by atoms with Gasteiger partial charge in [-0.3, -0.25) is 25.1 Å². The van der Waals surface area contributed by atoms with Crippen molar-refractivity contribution in [2.75, 3.05) is 11.9 Å². The van der Waals surface area contributed by atoms with E-state index in [1.165, 1.54) is 0 Å². The number of nitrogens with zero attached hydrogens (tertiary/aromatic N) is 1. The van der Waals surface area contributed by atoms with Gasteiger partial charge in [0.25, 0.3) is 0 Å². The lowest BCUT2D eigenvalue weighted by Gasteiger charge is -2.15. The summed E-state index contributed by atoms with van der Waals surface area (Å²) in [5, 5.41) is 5.21. The molecular formula is C13H13BrN4O4. The number of carbonyl (C=O) groups excluding carboxylic acids is 4. The Bertz CT molecular complexity index is 666. The van der Waals surface area contributed by atoms with Gasteiger partial charge >= 0.3 is 17.8 Å². The maximum absolute atomic E-state index is 11.9. The first kappa shape index (κ1) is 16.0. The average molecular weight is 369 g/mol. The smallest absolute Gasteiger partial charge is 0.317 e. The van der Waals surface area contributed by atoms with Crippen molar-refractivity contribution >= 4 is 45.4 Å². The van der Waals surface area contributed by atoms with Crippen molar-refractivity contribution in [1.82, 2.24) is 15.8 Å². The lowest BCUT2D eigenvalue weighted by atomic mass is 10.1. The molecule has 2 rings (SSSR count). The maximum atomic E-state index is 11.9. The minimum Gasteiger partial charge on any atom is -0.317 e. The Balaban J connectivity index is 2.05. The van der Waals surface area contributed by atoms with Crippen molar-refractivity contribution < 1.29 is 19.2 Å². The fraction of sp³-hybridized carbons (Fsp3) is 0.231. The van der Waals surface area contributed by atoms with Gasteiger partial charge < -0.3 is 5.32 Å². The highest BCUT2D eigenvalue weighted by Gasteiger charge is 2.30. The zero-order chi connectivity index (χ0) is 16.4. The molecule has 8 nitrogen and oxygen atoms in total. The van der Waals surface area contributed by atoms with Crippen molar-refractivity contribution in [3.63, 3.8) is 0 Å². The number of amides is 5. The van der Waals surface area contributed by atoms with Gasteiger partial charge in [0.15, 0.2) is 0 Å². The van der Waals surface area contributed by atoms with Crippen molar-refractivity contribution in [3.05, 3.63) is 27.7 Å². The zero-order valence-electron chi connectivity index (χ0n) is 11.8. The van der Waals surface area contributed by atoms with Gasteiger partial charge in [0.2, 0.25) is 5.91 Å². The third-order valence-corrected chi connectivity index (χ3v) is 3.43. The molecule has 0 bridgehead atoms. The molecule has 0 spiro atoms.